The fourth-order valence-corrected chi connectivity index (χ4v) is 1.92. The minimum atomic E-state index is -0.648. The van der Waals surface area contributed by atoms with Gasteiger partial charge in [-0.15, -0.1) is 0 Å². The van der Waals surface area contributed by atoms with Crippen molar-refractivity contribution < 1.29 is 14.2 Å². The molecule has 1 heterocycles. The molecule has 1 aromatic heterocycles. The molecule has 0 saturated heterocycles. The van der Waals surface area contributed by atoms with E-state index in [1.165, 1.54) is 18.2 Å². The minimum Gasteiger partial charge on any atom is -0.338 e. The van der Waals surface area contributed by atoms with Crippen molar-refractivity contribution in [3.05, 3.63) is 50.7 Å². The zero-order valence-electron chi connectivity index (χ0n) is 11.3. The highest BCUT2D eigenvalue weighted by Gasteiger charge is 2.21. The predicted molar refractivity (Wildman–Crippen MR) is 76.7 cm³/mol. The molecule has 0 spiro atoms. The standard InChI is InChI=1S/C13H12ClN3O4/c1-7(2)9-6-11(21-16-9)15-13(18)8-4-3-5-10(12(8)14)17(19)20/h3-7H,1-2H3,(H,15,18). The zero-order chi connectivity index (χ0) is 15.6. The van der Waals surface area contributed by atoms with E-state index in [0.29, 0.717) is 5.69 Å². The number of hydrogen-bond donors (Lipinski definition) is 1. The van der Waals surface area contributed by atoms with Gasteiger partial charge in [-0.1, -0.05) is 36.7 Å². The first kappa shape index (κ1) is 15.0. The molecule has 1 N–H and O–H groups in total. The van der Waals surface area contributed by atoms with Gasteiger partial charge >= 0.3 is 0 Å². The van der Waals surface area contributed by atoms with Crippen LogP contribution >= 0.6 is 11.6 Å². The summed E-state index contributed by atoms with van der Waals surface area (Å²) in [6, 6.07) is 5.60. The molecule has 7 nitrogen and oxygen atoms in total. The Morgan fingerprint density at radius 2 is 2.19 bits per heavy atom. The third-order valence-electron chi connectivity index (χ3n) is 2.78. The van der Waals surface area contributed by atoms with Gasteiger partial charge in [0.1, 0.15) is 5.02 Å². The SMILES string of the molecule is CC(C)c1cc(NC(=O)c2cccc([N+](=O)[O-])c2Cl)on1. The molecule has 0 unspecified atom stereocenters. The Bertz CT molecular complexity index is 696. The maximum Gasteiger partial charge on any atom is 0.288 e. The van der Waals surface area contributed by atoms with E-state index >= 15 is 0 Å². The molecule has 1 aromatic carbocycles. The summed E-state index contributed by atoms with van der Waals surface area (Å²) in [6.45, 7) is 3.86. The number of rotatable bonds is 4. The maximum absolute atomic E-state index is 12.1. The number of nitro benzene ring substituents is 1. The van der Waals surface area contributed by atoms with E-state index in [9.17, 15) is 14.9 Å². The topological polar surface area (TPSA) is 98.3 Å². The van der Waals surface area contributed by atoms with Crippen LogP contribution in [0.25, 0.3) is 0 Å². The number of aromatic nitrogens is 1. The molecule has 0 aliphatic rings. The maximum atomic E-state index is 12.1. The van der Waals surface area contributed by atoms with Gasteiger partial charge in [-0.05, 0) is 12.0 Å². The van der Waals surface area contributed by atoms with Gasteiger partial charge in [0.2, 0.25) is 5.88 Å². The molecule has 2 aromatic rings. The van der Waals surface area contributed by atoms with E-state index in [0.717, 1.165) is 0 Å². The van der Waals surface area contributed by atoms with Crippen LogP contribution in [-0.2, 0) is 0 Å². The molecule has 21 heavy (non-hydrogen) atoms. The number of carbonyl (C=O) groups is 1. The van der Waals surface area contributed by atoms with E-state index in [1.807, 2.05) is 13.8 Å². The van der Waals surface area contributed by atoms with Crippen molar-refractivity contribution in [3.8, 4) is 0 Å². The summed E-state index contributed by atoms with van der Waals surface area (Å²) in [5, 5.41) is 16.8. The van der Waals surface area contributed by atoms with E-state index in [1.54, 1.807) is 6.07 Å². The van der Waals surface area contributed by atoms with E-state index in [-0.39, 0.29) is 28.1 Å². The summed E-state index contributed by atoms with van der Waals surface area (Å²) >= 11 is 5.87. The van der Waals surface area contributed by atoms with E-state index in [4.69, 9.17) is 16.1 Å². The van der Waals surface area contributed by atoms with Crippen LogP contribution in [0.3, 0.4) is 0 Å². The Kier molecular flexibility index (Phi) is 4.23. The zero-order valence-corrected chi connectivity index (χ0v) is 12.0. The lowest BCUT2D eigenvalue weighted by Gasteiger charge is -2.03. The molecule has 2 rings (SSSR count). The normalized spacial score (nSPS) is 10.7. The molecule has 0 saturated carbocycles. The second-order valence-corrected chi connectivity index (χ2v) is 5.00. The van der Waals surface area contributed by atoms with Crippen LogP contribution in [0, 0.1) is 10.1 Å². The first-order chi connectivity index (χ1) is 9.90. The van der Waals surface area contributed by atoms with Crippen LogP contribution in [0.1, 0.15) is 35.8 Å². The number of nitrogens with one attached hydrogen (secondary N) is 1. The van der Waals surface area contributed by atoms with Gasteiger partial charge < -0.3 is 4.52 Å². The molecule has 0 atom stereocenters. The molecule has 0 radical (unpaired) electrons. The van der Waals surface area contributed by atoms with E-state index < -0.39 is 10.8 Å². The molecule has 0 aliphatic heterocycles. The molecule has 0 aliphatic carbocycles. The third kappa shape index (κ3) is 3.19. The van der Waals surface area contributed by atoms with Crippen molar-refractivity contribution in [3.63, 3.8) is 0 Å². The van der Waals surface area contributed by atoms with Crippen LogP contribution in [0.5, 0.6) is 0 Å². The fourth-order valence-electron chi connectivity index (χ4n) is 1.64. The highest BCUT2D eigenvalue weighted by atomic mass is 35.5. The van der Waals surface area contributed by atoms with Crippen molar-refractivity contribution >= 4 is 29.1 Å². The van der Waals surface area contributed by atoms with Gasteiger partial charge in [0.15, 0.2) is 0 Å². The quantitative estimate of drug-likeness (QED) is 0.687. The van der Waals surface area contributed by atoms with Gasteiger partial charge in [0.25, 0.3) is 11.6 Å². The number of nitro groups is 1. The number of carbonyl (C=O) groups excluding carboxylic acids is 1. The van der Waals surface area contributed by atoms with Crippen molar-refractivity contribution in [2.45, 2.75) is 19.8 Å². The van der Waals surface area contributed by atoms with Gasteiger partial charge in [-0.25, -0.2) is 0 Å². The summed E-state index contributed by atoms with van der Waals surface area (Å²) in [7, 11) is 0. The Labute approximate surface area is 125 Å². The third-order valence-corrected chi connectivity index (χ3v) is 3.17. The lowest BCUT2D eigenvalue weighted by atomic mass is 10.1. The molecule has 0 bridgehead atoms. The van der Waals surface area contributed by atoms with Crippen LogP contribution in [0.2, 0.25) is 5.02 Å². The average molecular weight is 310 g/mol. The summed E-state index contributed by atoms with van der Waals surface area (Å²) in [5.74, 6) is -0.290. The van der Waals surface area contributed by atoms with Gasteiger partial charge in [-0.2, -0.15) is 0 Å². The Morgan fingerprint density at radius 1 is 1.48 bits per heavy atom. The number of halogens is 1. The van der Waals surface area contributed by atoms with Gasteiger partial charge in [0, 0.05) is 12.1 Å². The predicted octanol–water partition coefficient (Wildman–Crippen LogP) is 3.61. The van der Waals surface area contributed by atoms with Gasteiger partial charge in [-0.3, -0.25) is 20.2 Å². The Balaban J connectivity index is 2.24. The average Bonchev–Trinajstić information content (AvgIpc) is 2.87. The highest BCUT2D eigenvalue weighted by Crippen LogP contribution is 2.28. The second kappa shape index (κ2) is 5.92. The lowest BCUT2D eigenvalue weighted by Crippen LogP contribution is -2.12. The minimum absolute atomic E-state index is 0.00614. The Hall–Kier alpha value is -2.41. The number of amides is 1. The van der Waals surface area contributed by atoms with Crippen molar-refractivity contribution in [2.24, 2.45) is 0 Å². The first-order valence-corrected chi connectivity index (χ1v) is 6.48. The molecule has 1 amide bonds. The Morgan fingerprint density at radius 3 is 2.76 bits per heavy atom. The monoisotopic (exact) mass is 309 g/mol. The number of nitrogens with zero attached hydrogens (tertiary/aromatic N) is 2. The fraction of sp³-hybridized carbons (Fsp3) is 0.231. The summed E-state index contributed by atoms with van der Waals surface area (Å²) < 4.78 is 4.98. The van der Waals surface area contributed by atoms with Crippen molar-refractivity contribution in [1.29, 1.82) is 0 Å². The van der Waals surface area contributed by atoms with Crippen LogP contribution < -0.4 is 5.32 Å². The van der Waals surface area contributed by atoms with Crippen molar-refractivity contribution in [2.75, 3.05) is 5.32 Å². The summed E-state index contributed by atoms with van der Waals surface area (Å²) in [5.41, 5.74) is 0.355. The molecular weight excluding hydrogens is 298 g/mol. The van der Waals surface area contributed by atoms with Crippen LogP contribution in [0.15, 0.2) is 28.8 Å². The molecule has 0 fully saturated rings. The first-order valence-electron chi connectivity index (χ1n) is 6.11. The smallest absolute Gasteiger partial charge is 0.288 e. The number of benzene rings is 1. The summed E-state index contributed by atoms with van der Waals surface area (Å²) in [6.07, 6.45) is 0. The molecule has 8 heteroatoms. The van der Waals surface area contributed by atoms with Crippen molar-refractivity contribution in [1.82, 2.24) is 5.16 Å². The number of hydrogen-bond acceptors (Lipinski definition) is 5. The summed E-state index contributed by atoms with van der Waals surface area (Å²) in [4.78, 5) is 22.2. The van der Waals surface area contributed by atoms with Crippen LogP contribution in [0.4, 0.5) is 11.6 Å². The van der Waals surface area contributed by atoms with E-state index in [2.05, 4.69) is 10.5 Å². The lowest BCUT2D eigenvalue weighted by molar-refractivity contribution is -0.384. The second-order valence-electron chi connectivity index (χ2n) is 4.62. The molecular formula is C13H12ClN3O4. The van der Waals surface area contributed by atoms with Gasteiger partial charge in [0.05, 0.1) is 16.2 Å². The largest absolute Gasteiger partial charge is 0.338 e. The van der Waals surface area contributed by atoms with Crippen LogP contribution in [-0.4, -0.2) is 16.0 Å². The highest BCUT2D eigenvalue weighted by molar-refractivity contribution is 6.36. The number of anilines is 1. The molecule has 110 valence electrons.